The topological polar surface area (TPSA) is 103 Å². The molecule has 1 aromatic carbocycles. The fraction of sp³-hybridized carbons (Fsp3) is 0.308. The Balaban J connectivity index is 1.63. The molecule has 1 aromatic heterocycles. The minimum Gasteiger partial charge on any atom is -0.480 e. The van der Waals surface area contributed by atoms with Gasteiger partial charge < -0.3 is 15.0 Å². The molecule has 0 spiro atoms. The lowest BCUT2D eigenvalue weighted by molar-refractivity contribution is -0.117. The van der Waals surface area contributed by atoms with Gasteiger partial charge in [0.05, 0.1) is 13.1 Å². The number of benzene rings is 1. The van der Waals surface area contributed by atoms with Gasteiger partial charge in [-0.2, -0.15) is 4.98 Å². The Hall–Kier alpha value is -2.06. The summed E-state index contributed by atoms with van der Waals surface area (Å²) in [6.07, 6.45) is -0.237. The Morgan fingerprint density at radius 2 is 2.33 bits per heavy atom. The first-order valence-electron chi connectivity index (χ1n) is 6.42. The van der Waals surface area contributed by atoms with E-state index in [2.05, 4.69) is 15.5 Å². The van der Waals surface area contributed by atoms with Crippen LogP contribution in [0.4, 0.5) is 0 Å². The van der Waals surface area contributed by atoms with E-state index in [9.17, 15) is 4.79 Å². The normalized spacial score (nSPS) is 17.0. The first-order valence-corrected chi connectivity index (χ1v) is 7.41. The van der Waals surface area contributed by atoms with Crippen molar-refractivity contribution in [3.05, 3.63) is 36.0 Å². The number of amides is 1. The zero-order valence-electron chi connectivity index (χ0n) is 11.1. The standard InChI is InChI=1S/C13H14N4O3S/c14-11(18)5-15-6-12-16-13(17-20-12)9-7-21-10-4-2-1-3-8(10)19-9/h1-4,9,15H,5-7H2,(H2,14,18). The van der Waals surface area contributed by atoms with Crippen LogP contribution in [0, 0.1) is 0 Å². The van der Waals surface area contributed by atoms with Gasteiger partial charge >= 0.3 is 0 Å². The first-order chi connectivity index (χ1) is 10.2. The molecule has 110 valence electrons. The molecule has 1 amide bonds. The highest BCUT2D eigenvalue weighted by Crippen LogP contribution is 2.39. The summed E-state index contributed by atoms with van der Waals surface area (Å²) in [6, 6.07) is 7.85. The number of rotatable bonds is 5. The maximum absolute atomic E-state index is 10.6. The summed E-state index contributed by atoms with van der Waals surface area (Å²) in [6.45, 7) is 0.368. The summed E-state index contributed by atoms with van der Waals surface area (Å²) in [7, 11) is 0. The second kappa shape index (κ2) is 6.15. The van der Waals surface area contributed by atoms with Crippen LogP contribution in [0.25, 0.3) is 0 Å². The number of primary amides is 1. The highest BCUT2D eigenvalue weighted by molar-refractivity contribution is 7.99. The van der Waals surface area contributed by atoms with E-state index in [0.29, 0.717) is 18.3 Å². The van der Waals surface area contributed by atoms with E-state index in [1.165, 1.54) is 0 Å². The molecular formula is C13H14N4O3S. The molecule has 3 N–H and O–H groups in total. The van der Waals surface area contributed by atoms with Crippen LogP contribution in [0.3, 0.4) is 0 Å². The lowest BCUT2D eigenvalue weighted by Crippen LogP contribution is -2.28. The third kappa shape index (κ3) is 3.34. The third-order valence-corrected chi connectivity index (χ3v) is 3.97. The smallest absolute Gasteiger partial charge is 0.240 e. The number of nitrogens with two attached hydrogens (primary N) is 1. The summed E-state index contributed by atoms with van der Waals surface area (Å²) in [4.78, 5) is 16.0. The van der Waals surface area contributed by atoms with Crippen LogP contribution in [0.2, 0.25) is 0 Å². The summed E-state index contributed by atoms with van der Waals surface area (Å²) in [5.41, 5.74) is 5.03. The van der Waals surface area contributed by atoms with Crippen molar-refractivity contribution in [3.63, 3.8) is 0 Å². The fourth-order valence-corrected chi connectivity index (χ4v) is 2.89. The number of hydrogen-bond donors (Lipinski definition) is 2. The highest BCUT2D eigenvalue weighted by Gasteiger charge is 2.25. The van der Waals surface area contributed by atoms with Crippen molar-refractivity contribution in [1.29, 1.82) is 0 Å². The number of aromatic nitrogens is 2. The van der Waals surface area contributed by atoms with Gasteiger partial charge in [-0.25, -0.2) is 0 Å². The van der Waals surface area contributed by atoms with Gasteiger partial charge in [-0.15, -0.1) is 11.8 Å². The highest BCUT2D eigenvalue weighted by atomic mass is 32.2. The number of thioether (sulfide) groups is 1. The SMILES string of the molecule is NC(=O)CNCc1nc(C2CSc3ccccc3O2)no1. The minimum atomic E-state index is -0.432. The molecule has 0 aliphatic carbocycles. The average Bonchev–Trinajstić information content (AvgIpc) is 2.95. The van der Waals surface area contributed by atoms with Crippen molar-refractivity contribution in [2.24, 2.45) is 5.73 Å². The Labute approximate surface area is 125 Å². The van der Waals surface area contributed by atoms with Crippen molar-refractivity contribution < 1.29 is 14.1 Å². The van der Waals surface area contributed by atoms with Crippen LogP contribution in [0.1, 0.15) is 17.8 Å². The molecule has 1 aliphatic rings. The second-order valence-electron chi connectivity index (χ2n) is 4.48. The van der Waals surface area contributed by atoms with E-state index in [0.717, 1.165) is 16.4 Å². The van der Waals surface area contributed by atoms with E-state index in [1.54, 1.807) is 11.8 Å². The predicted molar refractivity (Wildman–Crippen MR) is 75.7 cm³/mol. The number of nitrogens with one attached hydrogen (secondary N) is 1. The number of ether oxygens (including phenoxy) is 1. The van der Waals surface area contributed by atoms with Gasteiger partial charge in [0.2, 0.25) is 17.6 Å². The van der Waals surface area contributed by atoms with Gasteiger partial charge in [0.15, 0.2) is 6.10 Å². The lowest BCUT2D eigenvalue weighted by atomic mass is 10.3. The van der Waals surface area contributed by atoms with Crippen LogP contribution in [0.5, 0.6) is 5.75 Å². The zero-order valence-corrected chi connectivity index (χ0v) is 11.9. The maximum Gasteiger partial charge on any atom is 0.240 e. The quantitative estimate of drug-likeness (QED) is 0.844. The van der Waals surface area contributed by atoms with Crippen LogP contribution >= 0.6 is 11.8 Å². The molecule has 2 aromatic rings. The van der Waals surface area contributed by atoms with E-state index in [1.807, 2.05) is 24.3 Å². The number of hydrogen-bond acceptors (Lipinski definition) is 7. The number of fused-ring (bicyclic) bond motifs is 1. The van der Waals surface area contributed by atoms with Crippen molar-refractivity contribution >= 4 is 17.7 Å². The van der Waals surface area contributed by atoms with Crippen molar-refractivity contribution in [3.8, 4) is 5.75 Å². The summed E-state index contributed by atoms with van der Waals surface area (Å²) >= 11 is 1.70. The van der Waals surface area contributed by atoms with E-state index in [-0.39, 0.29) is 12.6 Å². The average molecular weight is 306 g/mol. The van der Waals surface area contributed by atoms with Crippen LogP contribution in [0.15, 0.2) is 33.7 Å². The van der Waals surface area contributed by atoms with Crippen LogP contribution in [-0.2, 0) is 11.3 Å². The summed E-state index contributed by atoms with van der Waals surface area (Å²) < 4.78 is 11.0. The molecule has 7 nitrogen and oxygen atoms in total. The van der Waals surface area contributed by atoms with Crippen molar-refractivity contribution in [2.45, 2.75) is 17.5 Å². The summed E-state index contributed by atoms with van der Waals surface area (Å²) in [5, 5.41) is 6.75. The Morgan fingerprint density at radius 3 is 3.19 bits per heavy atom. The third-order valence-electron chi connectivity index (χ3n) is 2.86. The summed E-state index contributed by atoms with van der Waals surface area (Å²) in [5.74, 6) is 2.03. The molecule has 0 fully saturated rings. The molecule has 1 atom stereocenters. The molecule has 2 heterocycles. The van der Waals surface area contributed by atoms with Gasteiger partial charge in [0.25, 0.3) is 0 Å². The number of carbonyl (C=O) groups is 1. The zero-order chi connectivity index (χ0) is 14.7. The predicted octanol–water partition coefficient (Wildman–Crippen LogP) is 0.870. The molecule has 0 radical (unpaired) electrons. The lowest BCUT2D eigenvalue weighted by Gasteiger charge is -2.22. The van der Waals surface area contributed by atoms with Crippen molar-refractivity contribution in [2.75, 3.05) is 12.3 Å². The Kier molecular flexibility index (Phi) is 4.07. The molecule has 0 bridgehead atoms. The molecule has 1 unspecified atom stereocenters. The van der Waals surface area contributed by atoms with Gasteiger partial charge in [-0.3, -0.25) is 10.1 Å². The van der Waals surface area contributed by atoms with Gasteiger partial charge in [-0.05, 0) is 12.1 Å². The first kappa shape index (κ1) is 13.9. The monoisotopic (exact) mass is 306 g/mol. The number of nitrogens with zero attached hydrogens (tertiary/aromatic N) is 2. The Morgan fingerprint density at radius 1 is 1.48 bits per heavy atom. The fourth-order valence-electron chi connectivity index (χ4n) is 1.91. The molecule has 0 saturated heterocycles. The van der Waals surface area contributed by atoms with Gasteiger partial charge in [0, 0.05) is 10.6 Å². The van der Waals surface area contributed by atoms with Crippen LogP contribution < -0.4 is 15.8 Å². The molecule has 8 heteroatoms. The molecule has 1 aliphatic heterocycles. The van der Waals surface area contributed by atoms with Crippen molar-refractivity contribution in [1.82, 2.24) is 15.5 Å². The number of carbonyl (C=O) groups excluding carboxylic acids is 1. The largest absolute Gasteiger partial charge is 0.480 e. The maximum atomic E-state index is 10.6. The second-order valence-corrected chi connectivity index (χ2v) is 5.54. The van der Waals surface area contributed by atoms with Crippen LogP contribution in [-0.4, -0.2) is 28.3 Å². The Bertz CT molecular complexity index is 646. The molecule has 0 saturated carbocycles. The number of para-hydroxylation sites is 1. The van der Waals surface area contributed by atoms with Gasteiger partial charge in [-0.1, -0.05) is 17.3 Å². The molecule has 21 heavy (non-hydrogen) atoms. The van der Waals surface area contributed by atoms with E-state index in [4.69, 9.17) is 15.0 Å². The minimum absolute atomic E-state index is 0.0703. The van der Waals surface area contributed by atoms with Gasteiger partial charge in [0.1, 0.15) is 5.75 Å². The van der Waals surface area contributed by atoms with E-state index < -0.39 is 5.91 Å². The molecular weight excluding hydrogens is 292 g/mol. The molecule has 3 rings (SSSR count). The van der Waals surface area contributed by atoms with E-state index >= 15 is 0 Å².